The second kappa shape index (κ2) is 11.7. The highest BCUT2D eigenvalue weighted by Crippen LogP contribution is 2.23. The number of para-hydroxylation sites is 1. The van der Waals surface area contributed by atoms with Crippen molar-refractivity contribution in [3.05, 3.63) is 94.7 Å². The normalized spacial score (nSPS) is 10.6. The Kier molecular flexibility index (Phi) is 8.17. The Morgan fingerprint density at radius 2 is 1.77 bits per heavy atom. The minimum absolute atomic E-state index is 0.148. The van der Waals surface area contributed by atoms with Gasteiger partial charge in [0.25, 0.3) is 5.91 Å². The van der Waals surface area contributed by atoms with E-state index < -0.39 is 0 Å². The number of amides is 2. The van der Waals surface area contributed by atoms with Crippen LogP contribution in [0.3, 0.4) is 0 Å². The summed E-state index contributed by atoms with van der Waals surface area (Å²) in [5.41, 5.74) is 2.05. The van der Waals surface area contributed by atoms with Gasteiger partial charge in [-0.15, -0.1) is 10.2 Å². The van der Waals surface area contributed by atoms with Crippen LogP contribution in [0.15, 0.2) is 88.5 Å². The molecule has 35 heavy (non-hydrogen) atoms. The SMILES string of the molecule is COc1ccc(C(=O)NCc2nnc(SCC(=O)Nc3cccc(Br)c3)n2-c2ccccc2)cc1. The number of benzene rings is 3. The lowest BCUT2D eigenvalue weighted by Gasteiger charge is -2.11. The zero-order chi connectivity index (χ0) is 24.6. The van der Waals surface area contributed by atoms with Crippen molar-refractivity contribution in [2.24, 2.45) is 0 Å². The number of halogens is 1. The molecule has 0 radical (unpaired) electrons. The van der Waals surface area contributed by atoms with Gasteiger partial charge < -0.3 is 15.4 Å². The topological polar surface area (TPSA) is 98.1 Å². The number of hydrogen-bond donors (Lipinski definition) is 2. The average molecular weight is 552 g/mol. The quantitative estimate of drug-likeness (QED) is 0.292. The van der Waals surface area contributed by atoms with E-state index in [1.807, 2.05) is 59.2 Å². The summed E-state index contributed by atoms with van der Waals surface area (Å²) in [6.45, 7) is 0.164. The van der Waals surface area contributed by atoms with E-state index in [1.165, 1.54) is 11.8 Å². The Hall–Kier alpha value is -3.63. The Morgan fingerprint density at radius 3 is 2.49 bits per heavy atom. The number of ether oxygens (including phenoxy) is 1. The molecule has 0 saturated heterocycles. The summed E-state index contributed by atoms with van der Waals surface area (Å²) < 4.78 is 7.86. The van der Waals surface area contributed by atoms with Gasteiger partial charge in [0, 0.05) is 21.4 Å². The first-order valence-corrected chi connectivity index (χ1v) is 12.4. The number of rotatable bonds is 9. The van der Waals surface area contributed by atoms with Gasteiger partial charge in [0.1, 0.15) is 5.75 Å². The van der Waals surface area contributed by atoms with Crippen LogP contribution in [0.25, 0.3) is 5.69 Å². The number of hydrogen-bond acceptors (Lipinski definition) is 6. The lowest BCUT2D eigenvalue weighted by molar-refractivity contribution is -0.113. The van der Waals surface area contributed by atoms with Crippen molar-refractivity contribution in [1.29, 1.82) is 0 Å². The molecule has 0 fully saturated rings. The van der Waals surface area contributed by atoms with Crippen LogP contribution in [0.4, 0.5) is 5.69 Å². The highest BCUT2D eigenvalue weighted by atomic mass is 79.9. The number of aromatic nitrogens is 3. The number of carbonyl (C=O) groups is 2. The van der Waals surface area contributed by atoms with Crippen LogP contribution in [-0.2, 0) is 11.3 Å². The Labute approximate surface area is 215 Å². The van der Waals surface area contributed by atoms with Gasteiger partial charge in [-0.25, -0.2) is 0 Å². The smallest absolute Gasteiger partial charge is 0.251 e. The third kappa shape index (κ3) is 6.49. The first-order valence-electron chi connectivity index (χ1n) is 10.6. The van der Waals surface area contributed by atoms with Gasteiger partial charge in [-0.05, 0) is 54.6 Å². The molecule has 0 unspecified atom stereocenters. The molecule has 2 amide bonds. The van der Waals surface area contributed by atoms with Crippen molar-refractivity contribution < 1.29 is 14.3 Å². The van der Waals surface area contributed by atoms with Crippen LogP contribution >= 0.6 is 27.7 Å². The summed E-state index contributed by atoms with van der Waals surface area (Å²) >= 11 is 4.67. The molecule has 3 aromatic carbocycles. The van der Waals surface area contributed by atoms with Gasteiger partial charge in [-0.3, -0.25) is 14.2 Å². The fourth-order valence-corrected chi connectivity index (χ4v) is 4.41. The van der Waals surface area contributed by atoms with Crippen molar-refractivity contribution in [1.82, 2.24) is 20.1 Å². The largest absolute Gasteiger partial charge is 0.497 e. The number of nitrogens with one attached hydrogen (secondary N) is 2. The van der Waals surface area contributed by atoms with Crippen LogP contribution in [0, 0.1) is 0 Å². The Balaban J connectivity index is 1.46. The maximum absolute atomic E-state index is 12.6. The predicted octanol–water partition coefficient (Wildman–Crippen LogP) is 4.70. The van der Waals surface area contributed by atoms with Crippen LogP contribution in [0.1, 0.15) is 16.2 Å². The zero-order valence-electron chi connectivity index (χ0n) is 18.8. The van der Waals surface area contributed by atoms with E-state index in [4.69, 9.17) is 4.74 Å². The van der Waals surface area contributed by atoms with Crippen molar-refractivity contribution >= 4 is 45.2 Å². The summed E-state index contributed by atoms with van der Waals surface area (Å²) in [6.07, 6.45) is 0. The number of methoxy groups -OCH3 is 1. The predicted molar refractivity (Wildman–Crippen MR) is 139 cm³/mol. The zero-order valence-corrected chi connectivity index (χ0v) is 21.2. The van der Waals surface area contributed by atoms with Gasteiger partial charge in [0.05, 0.1) is 19.4 Å². The van der Waals surface area contributed by atoms with Gasteiger partial charge in [-0.1, -0.05) is 52.0 Å². The molecule has 0 bridgehead atoms. The number of anilines is 1. The van der Waals surface area contributed by atoms with Crippen molar-refractivity contribution in [2.75, 3.05) is 18.2 Å². The first kappa shape index (κ1) is 24.5. The standard InChI is InChI=1S/C25H22BrN5O3S/c1-34-21-12-10-17(11-13-21)24(33)27-15-22-29-30-25(31(22)20-8-3-2-4-9-20)35-16-23(32)28-19-7-5-6-18(26)14-19/h2-14H,15-16H2,1H3,(H,27,33)(H,28,32). The summed E-state index contributed by atoms with van der Waals surface area (Å²) in [4.78, 5) is 25.1. The third-order valence-electron chi connectivity index (χ3n) is 4.91. The van der Waals surface area contributed by atoms with Crippen molar-refractivity contribution in [3.63, 3.8) is 0 Å². The molecule has 178 valence electrons. The summed E-state index contributed by atoms with van der Waals surface area (Å²) in [5, 5.41) is 14.9. The van der Waals surface area contributed by atoms with Crippen molar-refractivity contribution in [2.45, 2.75) is 11.7 Å². The molecule has 1 aromatic heterocycles. The molecule has 4 aromatic rings. The lowest BCUT2D eigenvalue weighted by atomic mass is 10.2. The molecule has 0 spiro atoms. The molecule has 10 heteroatoms. The van der Waals surface area contributed by atoms with Gasteiger partial charge in [0.15, 0.2) is 11.0 Å². The third-order valence-corrected chi connectivity index (χ3v) is 6.34. The van der Waals surface area contributed by atoms with E-state index >= 15 is 0 Å². The average Bonchev–Trinajstić information content (AvgIpc) is 3.29. The van der Waals surface area contributed by atoms with Gasteiger partial charge in [0.2, 0.25) is 5.91 Å². The summed E-state index contributed by atoms with van der Waals surface area (Å²) in [5.74, 6) is 0.974. The number of carbonyl (C=O) groups excluding carboxylic acids is 2. The fraction of sp³-hybridized carbons (Fsp3) is 0.120. The highest BCUT2D eigenvalue weighted by molar-refractivity contribution is 9.10. The van der Waals surface area contributed by atoms with Crippen LogP contribution in [0.5, 0.6) is 5.75 Å². The molecule has 0 aliphatic heterocycles. The van der Waals surface area contributed by atoms with E-state index in [0.717, 1.165) is 10.2 Å². The van der Waals surface area contributed by atoms with E-state index in [1.54, 1.807) is 31.4 Å². The van der Waals surface area contributed by atoms with Gasteiger partial charge >= 0.3 is 0 Å². The fourth-order valence-electron chi connectivity index (χ4n) is 3.24. The molecule has 0 saturated carbocycles. The van der Waals surface area contributed by atoms with Crippen molar-refractivity contribution in [3.8, 4) is 11.4 Å². The summed E-state index contributed by atoms with van der Waals surface area (Å²) in [6, 6.07) is 23.8. The Morgan fingerprint density at radius 1 is 1.00 bits per heavy atom. The molecular formula is C25H22BrN5O3S. The molecule has 8 nitrogen and oxygen atoms in total. The number of thioether (sulfide) groups is 1. The monoisotopic (exact) mass is 551 g/mol. The molecule has 0 aliphatic carbocycles. The second-order valence-corrected chi connectivity index (χ2v) is 9.19. The molecule has 1 heterocycles. The van der Waals surface area contributed by atoms with Crippen LogP contribution in [-0.4, -0.2) is 39.4 Å². The number of nitrogens with zero attached hydrogens (tertiary/aromatic N) is 3. The first-order chi connectivity index (χ1) is 17.0. The van der Waals surface area contributed by atoms with Crippen LogP contribution < -0.4 is 15.4 Å². The van der Waals surface area contributed by atoms with E-state index in [2.05, 4.69) is 36.8 Å². The maximum Gasteiger partial charge on any atom is 0.251 e. The van der Waals surface area contributed by atoms with E-state index in [9.17, 15) is 9.59 Å². The summed E-state index contributed by atoms with van der Waals surface area (Å²) in [7, 11) is 1.57. The van der Waals surface area contributed by atoms with Gasteiger partial charge in [-0.2, -0.15) is 0 Å². The minimum Gasteiger partial charge on any atom is -0.497 e. The van der Waals surface area contributed by atoms with Crippen LogP contribution in [0.2, 0.25) is 0 Å². The second-order valence-electron chi connectivity index (χ2n) is 7.33. The maximum atomic E-state index is 12.6. The lowest BCUT2D eigenvalue weighted by Crippen LogP contribution is -2.24. The molecule has 0 atom stereocenters. The van der Waals surface area contributed by atoms with E-state index in [0.29, 0.717) is 28.0 Å². The molecule has 4 rings (SSSR count). The Bertz CT molecular complexity index is 1310. The molecule has 2 N–H and O–H groups in total. The van der Waals surface area contributed by atoms with E-state index in [-0.39, 0.29) is 24.1 Å². The highest BCUT2D eigenvalue weighted by Gasteiger charge is 2.17. The molecular weight excluding hydrogens is 530 g/mol. The molecule has 0 aliphatic rings. The minimum atomic E-state index is -0.238.